The molecule has 0 radical (unpaired) electrons. The van der Waals surface area contributed by atoms with Crippen LogP contribution in [0.2, 0.25) is 0 Å². The van der Waals surface area contributed by atoms with Gasteiger partial charge in [0.2, 0.25) is 0 Å². The monoisotopic (exact) mass is 693 g/mol. The summed E-state index contributed by atoms with van der Waals surface area (Å²) in [6, 6.07) is 16.0. The Balaban J connectivity index is 1.51. The molecule has 3 aromatic carbocycles. The highest BCUT2D eigenvalue weighted by Gasteiger charge is 2.35. The van der Waals surface area contributed by atoms with E-state index in [1.54, 1.807) is 56.3 Å². The topological polar surface area (TPSA) is 131 Å². The zero-order valence-electron chi connectivity index (χ0n) is 24.7. The summed E-state index contributed by atoms with van der Waals surface area (Å²) >= 11 is 4.82. The van der Waals surface area contributed by atoms with Gasteiger partial charge in [-0.2, -0.15) is 0 Å². The van der Waals surface area contributed by atoms with Gasteiger partial charge in [-0.05, 0) is 73.0 Å². The lowest BCUT2D eigenvalue weighted by atomic mass is 9.95. The Morgan fingerprint density at radius 2 is 1.76 bits per heavy atom. The van der Waals surface area contributed by atoms with Gasteiger partial charge in [0.25, 0.3) is 11.2 Å². The van der Waals surface area contributed by atoms with Gasteiger partial charge in [0.05, 0.1) is 47.6 Å². The molecule has 0 aliphatic carbocycles. The Bertz CT molecular complexity index is 1980. The lowest BCUT2D eigenvalue weighted by Crippen LogP contribution is -2.40. The van der Waals surface area contributed by atoms with E-state index >= 15 is 0 Å². The number of halogens is 1. The number of nitro groups is 1. The van der Waals surface area contributed by atoms with E-state index in [2.05, 4.69) is 20.9 Å². The van der Waals surface area contributed by atoms with E-state index in [1.807, 2.05) is 12.1 Å². The van der Waals surface area contributed by atoms with E-state index in [0.29, 0.717) is 42.3 Å². The Hall–Kier alpha value is -4.75. The summed E-state index contributed by atoms with van der Waals surface area (Å²) in [6.45, 7) is 3.84. The molecule has 0 saturated heterocycles. The van der Waals surface area contributed by atoms with Gasteiger partial charge in [-0.15, -0.1) is 0 Å². The number of aromatic nitrogens is 1. The fourth-order valence-corrected chi connectivity index (χ4v) is 6.44. The largest absolute Gasteiger partial charge is 0.493 e. The van der Waals surface area contributed by atoms with Crippen molar-refractivity contribution in [3.05, 3.63) is 123 Å². The second kappa shape index (κ2) is 13.5. The molecule has 232 valence electrons. The standard InChI is InChI=1S/C32H28BrN3O8S/c1-5-43-31(38)28-18(2)34-32-35(29(28)23-15-25(41-3)26(42-4)16-24(23)33)30(37)27(45-32)14-19-8-12-22(13-9-19)44-17-20-6-10-21(11-7-20)36(39)40/h6-16,29H,5,17H2,1-4H3/b27-14-/t29-/m0/s1. The first-order valence-corrected chi connectivity index (χ1v) is 15.3. The van der Waals surface area contributed by atoms with Crippen LogP contribution in [0, 0.1) is 10.1 Å². The molecule has 11 nitrogen and oxygen atoms in total. The Kier molecular flexibility index (Phi) is 9.49. The summed E-state index contributed by atoms with van der Waals surface area (Å²) in [5.41, 5.74) is 2.54. The van der Waals surface area contributed by atoms with Crippen LogP contribution in [0.25, 0.3) is 6.08 Å². The van der Waals surface area contributed by atoms with Crippen molar-refractivity contribution in [1.82, 2.24) is 4.57 Å². The first kappa shape index (κ1) is 31.7. The number of rotatable bonds is 10. The lowest BCUT2D eigenvalue weighted by Gasteiger charge is -2.26. The smallest absolute Gasteiger partial charge is 0.338 e. The molecule has 2 heterocycles. The summed E-state index contributed by atoms with van der Waals surface area (Å²) < 4.78 is 24.7. The predicted octanol–water partition coefficient (Wildman–Crippen LogP) is 5.07. The van der Waals surface area contributed by atoms with E-state index in [0.717, 1.165) is 11.1 Å². The van der Waals surface area contributed by atoms with Gasteiger partial charge in [-0.3, -0.25) is 19.5 Å². The van der Waals surface area contributed by atoms with Gasteiger partial charge in [0.1, 0.15) is 12.4 Å². The number of thiazole rings is 1. The minimum atomic E-state index is -0.841. The first-order chi connectivity index (χ1) is 21.6. The number of nitro benzene ring substituents is 1. The molecule has 45 heavy (non-hydrogen) atoms. The molecule has 13 heteroatoms. The van der Waals surface area contributed by atoms with Crippen LogP contribution in [0.3, 0.4) is 0 Å². The lowest BCUT2D eigenvalue weighted by molar-refractivity contribution is -0.384. The van der Waals surface area contributed by atoms with E-state index in [4.69, 9.17) is 18.9 Å². The maximum Gasteiger partial charge on any atom is 0.338 e. The highest BCUT2D eigenvalue weighted by Crippen LogP contribution is 2.40. The molecule has 1 atom stereocenters. The van der Waals surface area contributed by atoms with Crippen molar-refractivity contribution in [2.24, 2.45) is 4.99 Å². The minimum absolute atomic E-state index is 0.0170. The van der Waals surface area contributed by atoms with E-state index in [-0.39, 0.29) is 30.0 Å². The van der Waals surface area contributed by atoms with Crippen molar-refractivity contribution in [2.45, 2.75) is 26.5 Å². The number of allylic oxidation sites excluding steroid dienone is 1. The molecule has 1 aliphatic rings. The molecule has 0 spiro atoms. The van der Waals surface area contributed by atoms with E-state index in [1.165, 1.54) is 42.3 Å². The third-order valence-electron chi connectivity index (χ3n) is 7.05. The molecule has 0 N–H and O–H groups in total. The number of carbonyl (C=O) groups excluding carboxylic acids is 1. The molecular formula is C32H28BrN3O8S. The van der Waals surface area contributed by atoms with Crippen LogP contribution < -0.4 is 29.1 Å². The third kappa shape index (κ3) is 6.54. The molecule has 0 fully saturated rings. The average molecular weight is 695 g/mol. The highest BCUT2D eigenvalue weighted by atomic mass is 79.9. The van der Waals surface area contributed by atoms with Crippen molar-refractivity contribution >= 4 is 45.0 Å². The fraction of sp³-hybridized carbons (Fsp3) is 0.219. The van der Waals surface area contributed by atoms with Gasteiger partial charge < -0.3 is 18.9 Å². The Labute approximate surface area is 269 Å². The molecule has 1 aliphatic heterocycles. The van der Waals surface area contributed by atoms with Crippen molar-refractivity contribution in [3.63, 3.8) is 0 Å². The number of non-ortho nitro benzene ring substituents is 1. The number of benzene rings is 3. The molecule has 1 aromatic heterocycles. The van der Waals surface area contributed by atoms with Gasteiger partial charge >= 0.3 is 5.97 Å². The molecule has 0 bridgehead atoms. The third-order valence-corrected chi connectivity index (χ3v) is 8.71. The van der Waals surface area contributed by atoms with Crippen molar-refractivity contribution in [3.8, 4) is 17.2 Å². The summed E-state index contributed by atoms with van der Waals surface area (Å²) in [6.07, 6.45) is 1.76. The van der Waals surface area contributed by atoms with Gasteiger partial charge in [-0.1, -0.05) is 39.4 Å². The van der Waals surface area contributed by atoms with Gasteiger partial charge in [-0.25, -0.2) is 9.79 Å². The fourth-order valence-electron chi connectivity index (χ4n) is 4.86. The van der Waals surface area contributed by atoms with Gasteiger partial charge in [0.15, 0.2) is 16.3 Å². The number of esters is 1. The maximum absolute atomic E-state index is 14.0. The maximum atomic E-state index is 14.0. The highest BCUT2D eigenvalue weighted by molar-refractivity contribution is 9.10. The zero-order valence-corrected chi connectivity index (χ0v) is 27.1. The molecule has 0 amide bonds. The van der Waals surface area contributed by atoms with Crippen molar-refractivity contribution in [1.29, 1.82) is 0 Å². The molecule has 0 saturated carbocycles. The average Bonchev–Trinajstić information content (AvgIpc) is 3.33. The number of carbonyl (C=O) groups is 1. The van der Waals surface area contributed by atoms with Crippen molar-refractivity contribution in [2.75, 3.05) is 20.8 Å². The van der Waals surface area contributed by atoms with Crippen LogP contribution in [0.4, 0.5) is 5.69 Å². The molecule has 5 rings (SSSR count). The van der Waals surface area contributed by atoms with Crippen LogP contribution in [-0.2, 0) is 16.1 Å². The quantitative estimate of drug-likeness (QED) is 0.128. The Morgan fingerprint density at radius 3 is 2.38 bits per heavy atom. The zero-order chi connectivity index (χ0) is 32.2. The predicted molar refractivity (Wildman–Crippen MR) is 172 cm³/mol. The Morgan fingerprint density at radius 1 is 1.09 bits per heavy atom. The number of hydrogen-bond acceptors (Lipinski definition) is 10. The number of ether oxygens (including phenoxy) is 4. The molecular weight excluding hydrogens is 666 g/mol. The summed E-state index contributed by atoms with van der Waals surface area (Å²) in [7, 11) is 3.04. The van der Waals surface area contributed by atoms with Crippen molar-refractivity contribution < 1.29 is 28.7 Å². The van der Waals surface area contributed by atoms with Crippen LogP contribution in [0.5, 0.6) is 17.2 Å². The second-order valence-corrected chi connectivity index (χ2v) is 11.7. The normalized spacial score (nSPS) is 14.4. The molecule has 0 unspecified atom stereocenters. The number of fused-ring (bicyclic) bond motifs is 1. The van der Waals surface area contributed by atoms with Crippen LogP contribution in [-0.4, -0.2) is 36.3 Å². The van der Waals surface area contributed by atoms with Crippen LogP contribution in [0.1, 0.15) is 36.6 Å². The minimum Gasteiger partial charge on any atom is -0.493 e. The van der Waals surface area contributed by atoms with Crippen LogP contribution in [0.15, 0.2) is 86.2 Å². The number of hydrogen-bond donors (Lipinski definition) is 0. The SMILES string of the molecule is CCOC(=O)C1=C(C)N=c2s/c(=C\c3ccc(OCc4ccc([N+](=O)[O-])cc4)cc3)c(=O)n2[C@H]1c1cc(OC)c(OC)cc1Br. The summed E-state index contributed by atoms with van der Waals surface area (Å²) in [5, 5.41) is 10.9. The van der Waals surface area contributed by atoms with E-state index < -0.39 is 16.9 Å². The van der Waals surface area contributed by atoms with E-state index in [9.17, 15) is 19.7 Å². The summed E-state index contributed by atoms with van der Waals surface area (Å²) in [5.74, 6) is 0.953. The molecule has 4 aromatic rings. The summed E-state index contributed by atoms with van der Waals surface area (Å²) in [4.78, 5) is 42.7. The first-order valence-electron chi connectivity index (χ1n) is 13.7. The second-order valence-electron chi connectivity index (χ2n) is 9.81. The van der Waals surface area contributed by atoms with Crippen LogP contribution >= 0.6 is 27.3 Å². The number of methoxy groups -OCH3 is 2. The van der Waals surface area contributed by atoms with Gasteiger partial charge in [0, 0.05) is 16.6 Å². The number of nitrogens with zero attached hydrogens (tertiary/aromatic N) is 3.